The predicted molar refractivity (Wildman–Crippen MR) is 84.1 cm³/mol. The van der Waals surface area contributed by atoms with Crippen LogP contribution in [0.4, 0.5) is 0 Å². The Morgan fingerprint density at radius 3 is 3.00 bits per heavy atom. The molecular formula is C17H17N3O2. The van der Waals surface area contributed by atoms with Crippen LogP contribution in [0.15, 0.2) is 48.8 Å². The Morgan fingerprint density at radius 2 is 2.18 bits per heavy atom. The van der Waals surface area contributed by atoms with Crippen molar-refractivity contribution in [3.8, 4) is 5.75 Å². The van der Waals surface area contributed by atoms with Gasteiger partial charge < -0.3 is 14.8 Å². The van der Waals surface area contributed by atoms with E-state index in [4.69, 9.17) is 0 Å². The molecule has 0 aliphatic rings. The van der Waals surface area contributed by atoms with Crippen molar-refractivity contribution in [2.75, 3.05) is 6.54 Å². The average molecular weight is 295 g/mol. The van der Waals surface area contributed by atoms with E-state index < -0.39 is 0 Å². The van der Waals surface area contributed by atoms with Gasteiger partial charge >= 0.3 is 0 Å². The minimum Gasteiger partial charge on any atom is -0.507 e. The van der Waals surface area contributed by atoms with Crippen LogP contribution < -0.4 is 5.32 Å². The number of imidazole rings is 1. The van der Waals surface area contributed by atoms with Gasteiger partial charge in [-0.1, -0.05) is 17.7 Å². The fourth-order valence-corrected chi connectivity index (χ4v) is 2.34. The maximum Gasteiger partial charge on any atom is 0.255 e. The number of amides is 1. The molecule has 0 bridgehead atoms. The van der Waals surface area contributed by atoms with Gasteiger partial charge in [-0.15, -0.1) is 0 Å². The van der Waals surface area contributed by atoms with E-state index in [9.17, 15) is 9.90 Å². The van der Waals surface area contributed by atoms with Gasteiger partial charge in [0.05, 0.1) is 11.3 Å². The van der Waals surface area contributed by atoms with Gasteiger partial charge in [-0.3, -0.25) is 4.79 Å². The van der Waals surface area contributed by atoms with E-state index in [0.29, 0.717) is 18.5 Å². The van der Waals surface area contributed by atoms with Crippen molar-refractivity contribution in [3.63, 3.8) is 0 Å². The summed E-state index contributed by atoms with van der Waals surface area (Å²) in [6.45, 7) is 2.35. The zero-order chi connectivity index (χ0) is 15.5. The van der Waals surface area contributed by atoms with Crippen LogP contribution in [0.25, 0.3) is 5.65 Å². The van der Waals surface area contributed by atoms with Crippen LogP contribution in [0.2, 0.25) is 0 Å². The van der Waals surface area contributed by atoms with Crippen molar-refractivity contribution >= 4 is 11.6 Å². The summed E-state index contributed by atoms with van der Waals surface area (Å²) in [4.78, 5) is 16.6. The summed E-state index contributed by atoms with van der Waals surface area (Å²) in [6.07, 6.45) is 4.53. The summed E-state index contributed by atoms with van der Waals surface area (Å²) in [5.41, 5.74) is 3.04. The van der Waals surface area contributed by atoms with Gasteiger partial charge in [0.25, 0.3) is 5.91 Å². The van der Waals surface area contributed by atoms with Gasteiger partial charge in [0, 0.05) is 25.4 Å². The second-order valence-electron chi connectivity index (χ2n) is 5.22. The number of hydrogen-bond donors (Lipinski definition) is 2. The summed E-state index contributed by atoms with van der Waals surface area (Å²) < 4.78 is 1.95. The number of aryl methyl sites for hydroxylation is 1. The number of pyridine rings is 1. The molecule has 2 aromatic heterocycles. The smallest absolute Gasteiger partial charge is 0.255 e. The Bertz CT molecular complexity index is 791. The normalized spacial score (nSPS) is 10.8. The molecule has 0 unspecified atom stereocenters. The largest absolute Gasteiger partial charge is 0.507 e. The number of carbonyl (C=O) groups excluding carboxylic acids is 1. The Hall–Kier alpha value is -2.82. The molecule has 22 heavy (non-hydrogen) atoms. The van der Waals surface area contributed by atoms with Crippen LogP contribution in [0, 0.1) is 6.92 Å². The second kappa shape index (κ2) is 5.89. The number of carbonyl (C=O) groups is 1. The zero-order valence-electron chi connectivity index (χ0n) is 12.3. The number of aromatic nitrogens is 2. The number of phenols is 1. The van der Waals surface area contributed by atoms with E-state index in [1.807, 2.05) is 41.9 Å². The maximum atomic E-state index is 12.1. The van der Waals surface area contributed by atoms with Gasteiger partial charge in [0.15, 0.2) is 0 Å². The predicted octanol–water partition coefficient (Wildman–Crippen LogP) is 2.32. The molecule has 2 N–H and O–H groups in total. The minimum atomic E-state index is -0.273. The Morgan fingerprint density at radius 1 is 1.32 bits per heavy atom. The molecule has 0 saturated heterocycles. The third kappa shape index (κ3) is 2.93. The Labute approximate surface area is 128 Å². The van der Waals surface area contributed by atoms with E-state index in [2.05, 4.69) is 10.3 Å². The first-order valence-corrected chi connectivity index (χ1v) is 7.14. The third-order valence-corrected chi connectivity index (χ3v) is 3.48. The van der Waals surface area contributed by atoms with Crippen LogP contribution in [0.5, 0.6) is 5.75 Å². The lowest BCUT2D eigenvalue weighted by Crippen LogP contribution is -2.25. The molecule has 0 spiro atoms. The summed E-state index contributed by atoms with van der Waals surface area (Å²) in [5.74, 6) is -0.277. The van der Waals surface area contributed by atoms with Gasteiger partial charge in [-0.25, -0.2) is 4.98 Å². The lowest BCUT2D eigenvalue weighted by atomic mass is 10.1. The monoisotopic (exact) mass is 295 g/mol. The topological polar surface area (TPSA) is 66.6 Å². The number of rotatable bonds is 4. The zero-order valence-corrected chi connectivity index (χ0v) is 12.3. The van der Waals surface area contributed by atoms with Crippen molar-refractivity contribution in [1.82, 2.24) is 14.7 Å². The highest BCUT2D eigenvalue weighted by molar-refractivity contribution is 5.96. The standard InChI is InChI=1S/C17H17N3O2/c1-12-5-6-15(21)14(10-12)17(22)18-8-7-13-11-20-9-3-2-4-16(20)19-13/h2-6,9-11,21H,7-8H2,1H3,(H,18,22). The molecule has 3 rings (SSSR count). The Balaban J connectivity index is 1.62. The second-order valence-corrected chi connectivity index (χ2v) is 5.22. The molecule has 1 aromatic carbocycles. The highest BCUT2D eigenvalue weighted by Crippen LogP contribution is 2.17. The van der Waals surface area contributed by atoms with E-state index in [1.165, 1.54) is 6.07 Å². The summed E-state index contributed by atoms with van der Waals surface area (Å²) >= 11 is 0. The van der Waals surface area contributed by atoms with Crippen molar-refractivity contribution in [1.29, 1.82) is 0 Å². The quantitative estimate of drug-likeness (QED) is 0.776. The van der Waals surface area contributed by atoms with Crippen molar-refractivity contribution in [2.24, 2.45) is 0 Å². The SMILES string of the molecule is Cc1ccc(O)c(C(=O)NCCc2cn3ccccc3n2)c1. The molecule has 1 amide bonds. The molecular weight excluding hydrogens is 278 g/mol. The lowest BCUT2D eigenvalue weighted by molar-refractivity contribution is 0.0951. The fourth-order valence-electron chi connectivity index (χ4n) is 2.34. The van der Waals surface area contributed by atoms with E-state index in [0.717, 1.165) is 16.9 Å². The first-order valence-electron chi connectivity index (χ1n) is 7.14. The highest BCUT2D eigenvalue weighted by Gasteiger charge is 2.11. The van der Waals surface area contributed by atoms with Gasteiger partial charge in [0.1, 0.15) is 11.4 Å². The number of phenolic OH excluding ortho intramolecular Hbond substituents is 1. The van der Waals surface area contributed by atoms with Crippen LogP contribution in [0.3, 0.4) is 0 Å². The molecule has 0 saturated carbocycles. The third-order valence-electron chi connectivity index (χ3n) is 3.48. The first-order chi connectivity index (χ1) is 10.6. The van der Waals surface area contributed by atoms with E-state index >= 15 is 0 Å². The van der Waals surface area contributed by atoms with Crippen LogP contribution in [-0.2, 0) is 6.42 Å². The molecule has 0 aliphatic carbocycles. The molecule has 3 aromatic rings. The number of hydrogen-bond acceptors (Lipinski definition) is 3. The molecule has 0 aliphatic heterocycles. The van der Waals surface area contributed by atoms with E-state index in [-0.39, 0.29) is 11.7 Å². The molecule has 2 heterocycles. The van der Waals surface area contributed by atoms with Crippen LogP contribution >= 0.6 is 0 Å². The molecule has 112 valence electrons. The number of nitrogens with one attached hydrogen (secondary N) is 1. The molecule has 0 radical (unpaired) electrons. The lowest BCUT2D eigenvalue weighted by Gasteiger charge is -2.06. The average Bonchev–Trinajstić information content (AvgIpc) is 2.92. The van der Waals surface area contributed by atoms with Crippen molar-refractivity contribution in [2.45, 2.75) is 13.3 Å². The maximum absolute atomic E-state index is 12.1. The number of benzene rings is 1. The highest BCUT2D eigenvalue weighted by atomic mass is 16.3. The summed E-state index contributed by atoms with van der Waals surface area (Å²) in [5, 5.41) is 12.6. The molecule has 0 fully saturated rings. The fraction of sp³-hybridized carbons (Fsp3) is 0.176. The van der Waals surface area contributed by atoms with Gasteiger partial charge in [0.2, 0.25) is 0 Å². The van der Waals surface area contributed by atoms with Crippen LogP contribution in [0.1, 0.15) is 21.6 Å². The Kier molecular flexibility index (Phi) is 3.78. The number of aromatic hydroxyl groups is 1. The van der Waals surface area contributed by atoms with E-state index in [1.54, 1.807) is 12.1 Å². The van der Waals surface area contributed by atoms with Crippen molar-refractivity contribution in [3.05, 3.63) is 65.6 Å². The first kappa shape index (κ1) is 14.1. The molecule has 0 atom stereocenters. The number of fused-ring (bicyclic) bond motifs is 1. The summed E-state index contributed by atoms with van der Waals surface area (Å²) in [6, 6.07) is 10.8. The number of nitrogens with zero attached hydrogens (tertiary/aromatic N) is 2. The molecule has 5 nitrogen and oxygen atoms in total. The van der Waals surface area contributed by atoms with Gasteiger partial charge in [-0.05, 0) is 31.2 Å². The molecule has 5 heteroatoms. The van der Waals surface area contributed by atoms with Crippen LogP contribution in [-0.4, -0.2) is 26.9 Å². The summed E-state index contributed by atoms with van der Waals surface area (Å²) in [7, 11) is 0. The minimum absolute atomic E-state index is 0.00386. The van der Waals surface area contributed by atoms with Crippen molar-refractivity contribution < 1.29 is 9.90 Å². The van der Waals surface area contributed by atoms with Gasteiger partial charge in [-0.2, -0.15) is 0 Å².